The Hall–Kier alpha value is -3.35. The number of para-hydroxylation sites is 1. The van der Waals surface area contributed by atoms with Crippen LogP contribution in [0.25, 0.3) is 0 Å². The number of nitrogens with zero attached hydrogens (tertiary/aromatic N) is 1. The van der Waals surface area contributed by atoms with Gasteiger partial charge in [0.25, 0.3) is 5.91 Å². The lowest BCUT2D eigenvalue weighted by atomic mass is 9.81. The second-order valence-electron chi connectivity index (χ2n) is 7.55. The summed E-state index contributed by atoms with van der Waals surface area (Å²) < 4.78 is 10.5. The lowest BCUT2D eigenvalue weighted by Gasteiger charge is -2.19. The molecule has 1 saturated heterocycles. The summed E-state index contributed by atoms with van der Waals surface area (Å²) in [7, 11) is 3.04. The van der Waals surface area contributed by atoms with E-state index in [2.05, 4.69) is 5.32 Å². The lowest BCUT2D eigenvalue weighted by Crippen LogP contribution is -2.32. The van der Waals surface area contributed by atoms with Gasteiger partial charge in [0.05, 0.1) is 43.0 Å². The van der Waals surface area contributed by atoms with Crippen LogP contribution in [0.15, 0.2) is 42.5 Å². The van der Waals surface area contributed by atoms with Gasteiger partial charge in [-0.05, 0) is 37.1 Å². The van der Waals surface area contributed by atoms with Crippen LogP contribution in [-0.2, 0) is 9.59 Å². The fourth-order valence-electron chi connectivity index (χ4n) is 4.36. The maximum absolute atomic E-state index is 13.1. The second kappa shape index (κ2) is 8.18. The quantitative estimate of drug-likeness (QED) is 0.764. The number of imide groups is 1. The highest BCUT2D eigenvalue weighted by Gasteiger charge is 2.49. The summed E-state index contributed by atoms with van der Waals surface area (Å²) in [4.78, 5) is 40.3. The van der Waals surface area contributed by atoms with Crippen molar-refractivity contribution < 1.29 is 23.9 Å². The van der Waals surface area contributed by atoms with Gasteiger partial charge in [0, 0.05) is 6.07 Å². The van der Waals surface area contributed by atoms with Gasteiger partial charge < -0.3 is 14.8 Å². The van der Waals surface area contributed by atoms with Crippen molar-refractivity contribution >= 4 is 29.1 Å². The Bertz CT molecular complexity index is 979. The number of anilines is 2. The summed E-state index contributed by atoms with van der Waals surface area (Å²) in [5.74, 6) is -0.364. The molecule has 2 aromatic rings. The third kappa shape index (κ3) is 3.40. The van der Waals surface area contributed by atoms with Crippen LogP contribution in [0.4, 0.5) is 11.4 Å². The van der Waals surface area contributed by atoms with Crippen molar-refractivity contribution in [2.24, 2.45) is 11.8 Å². The van der Waals surface area contributed by atoms with Crippen molar-refractivity contribution in [1.29, 1.82) is 0 Å². The molecule has 2 aromatic carbocycles. The highest BCUT2D eigenvalue weighted by molar-refractivity contribution is 6.24. The molecule has 1 N–H and O–H groups in total. The molecular formula is C23H24N2O5. The highest BCUT2D eigenvalue weighted by atomic mass is 16.5. The van der Waals surface area contributed by atoms with Crippen LogP contribution in [0.2, 0.25) is 0 Å². The lowest BCUT2D eigenvalue weighted by molar-refractivity contribution is -0.122. The van der Waals surface area contributed by atoms with Gasteiger partial charge in [-0.15, -0.1) is 0 Å². The number of carbonyl (C=O) groups excluding carboxylic acids is 3. The number of hydrogen-bond donors (Lipinski definition) is 1. The molecule has 0 unspecified atom stereocenters. The molecular weight excluding hydrogens is 384 g/mol. The van der Waals surface area contributed by atoms with E-state index in [0.717, 1.165) is 25.7 Å². The zero-order valence-corrected chi connectivity index (χ0v) is 17.0. The average molecular weight is 408 g/mol. The second-order valence-corrected chi connectivity index (χ2v) is 7.55. The Morgan fingerprint density at radius 2 is 1.63 bits per heavy atom. The minimum Gasteiger partial charge on any atom is -0.497 e. The number of amides is 3. The predicted molar refractivity (Wildman–Crippen MR) is 112 cm³/mol. The summed E-state index contributed by atoms with van der Waals surface area (Å²) in [6.45, 7) is 0. The topological polar surface area (TPSA) is 84.9 Å². The molecule has 1 aliphatic heterocycles. The molecule has 0 aromatic heterocycles. The maximum atomic E-state index is 13.1. The zero-order valence-electron chi connectivity index (χ0n) is 17.0. The third-order valence-corrected chi connectivity index (χ3v) is 5.89. The molecule has 0 radical (unpaired) electrons. The number of fused-ring (bicyclic) bond motifs is 1. The summed E-state index contributed by atoms with van der Waals surface area (Å²) in [5.41, 5.74) is 1.01. The van der Waals surface area contributed by atoms with Gasteiger partial charge in [0.1, 0.15) is 11.5 Å². The van der Waals surface area contributed by atoms with E-state index >= 15 is 0 Å². The van der Waals surface area contributed by atoms with Crippen LogP contribution in [0.5, 0.6) is 11.5 Å². The molecule has 7 heteroatoms. The number of methoxy groups -OCH3 is 2. The van der Waals surface area contributed by atoms with Crippen molar-refractivity contribution in [1.82, 2.24) is 0 Å². The van der Waals surface area contributed by atoms with E-state index in [1.54, 1.807) is 42.5 Å². The molecule has 1 heterocycles. The van der Waals surface area contributed by atoms with Crippen LogP contribution in [0, 0.1) is 11.8 Å². The smallest absolute Gasteiger partial charge is 0.257 e. The summed E-state index contributed by atoms with van der Waals surface area (Å²) in [5, 5.41) is 2.82. The Kier molecular flexibility index (Phi) is 5.44. The number of benzene rings is 2. The molecule has 2 atom stereocenters. The molecule has 3 amide bonds. The Labute approximate surface area is 175 Å². The van der Waals surface area contributed by atoms with Crippen LogP contribution in [0.3, 0.4) is 0 Å². The van der Waals surface area contributed by atoms with Crippen molar-refractivity contribution in [2.45, 2.75) is 25.7 Å². The standard InChI is InChI=1S/C23H24N2O5/c1-29-14-11-12-20(30-2)18(13-14)24-21(26)17-9-5-6-10-19(17)25-22(27)15-7-3-4-8-16(15)23(25)28/h5-6,9-13,15-16H,3-4,7-8H2,1-2H3,(H,24,26)/t15-,16-/m1/s1. The Balaban J connectivity index is 1.67. The van der Waals surface area contributed by atoms with Gasteiger partial charge in [-0.25, -0.2) is 4.90 Å². The monoisotopic (exact) mass is 408 g/mol. The van der Waals surface area contributed by atoms with Crippen LogP contribution < -0.4 is 19.7 Å². The number of hydrogen-bond acceptors (Lipinski definition) is 5. The van der Waals surface area contributed by atoms with Crippen molar-refractivity contribution in [2.75, 3.05) is 24.4 Å². The molecule has 156 valence electrons. The summed E-state index contributed by atoms with van der Waals surface area (Å²) in [6.07, 6.45) is 3.35. The van der Waals surface area contributed by atoms with Gasteiger partial charge >= 0.3 is 0 Å². The van der Waals surface area contributed by atoms with E-state index in [4.69, 9.17) is 9.47 Å². The third-order valence-electron chi connectivity index (χ3n) is 5.89. The number of nitrogens with one attached hydrogen (secondary N) is 1. The fraction of sp³-hybridized carbons (Fsp3) is 0.348. The molecule has 2 aliphatic rings. The maximum Gasteiger partial charge on any atom is 0.257 e. The molecule has 1 saturated carbocycles. The minimum atomic E-state index is -0.437. The van der Waals surface area contributed by atoms with Gasteiger partial charge in [-0.2, -0.15) is 0 Å². The number of ether oxygens (including phenoxy) is 2. The van der Waals surface area contributed by atoms with Crippen LogP contribution >= 0.6 is 0 Å². The molecule has 2 fully saturated rings. The predicted octanol–water partition coefficient (Wildman–Crippen LogP) is 3.64. The van der Waals surface area contributed by atoms with E-state index in [-0.39, 0.29) is 29.2 Å². The van der Waals surface area contributed by atoms with Crippen molar-refractivity contribution in [3.05, 3.63) is 48.0 Å². The molecule has 0 spiro atoms. The van der Waals surface area contributed by atoms with Crippen molar-refractivity contribution in [3.8, 4) is 11.5 Å². The number of carbonyl (C=O) groups is 3. The molecule has 1 aliphatic carbocycles. The Morgan fingerprint density at radius 1 is 0.967 bits per heavy atom. The molecule has 30 heavy (non-hydrogen) atoms. The van der Waals surface area contributed by atoms with Crippen molar-refractivity contribution in [3.63, 3.8) is 0 Å². The zero-order chi connectivity index (χ0) is 21.3. The van der Waals surface area contributed by atoms with E-state index in [1.807, 2.05) is 0 Å². The first-order valence-corrected chi connectivity index (χ1v) is 10.1. The highest BCUT2D eigenvalue weighted by Crippen LogP contribution is 2.41. The summed E-state index contributed by atoms with van der Waals surface area (Å²) in [6, 6.07) is 11.8. The first-order chi connectivity index (χ1) is 14.5. The number of rotatable bonds is 5. The first-order valence-electron chi connectivity index (χ1n) is 10.1. The van der Waals surface area contributed by atoms with E-state index in [9.17, 15) is 14.4 Å². The van der Waals surface area contributed by atoms with Gasteiger partial charge in [0.2, 0.25) is 11.8 Å². The first kappa shape index (κ1) is 19.9. The van der Waals surface area contributed by atoms with E-state index < -0.39 is 5.91 Å². The van der Waals surface area contributed by atoms with Gasteiger partial charge in [-0.1, -0.05) is 25.0 Å². The molecule has 7 nitrogen and oxygen atoms in total. The van der Waals surface area contributed by atoms with Crippen LogP contribution in [-0.4, -0.2) is 31.9 Å². The largest absolute Gasteiger partial charge is 0.497 e. The SMILES string of the molecule is COc1ccc(OC)c(NC(=O)c2ccccc2N2C(=O)[C@@H]3CCCC[C@H]3C2=O)c1. The van der Waals surface area contributed by atoms with Gasteiger partial charge in [-0.3, -0.25) is 14.4 Å². The fourth-order valence-corrected chi connectivity index (χ4v) is 4.36. The van der Waals surface area contributed by atoms with Gasteiger partial charge in [0.15, 0.2) is 0 Å². The van der Waals surface area contributed by atoms with E-state index in [1.165, 1.54) is 19.1 Å². The Morgan fingerprint density at radius 3 is 2.27 bits per heavy atom. The van der Waals surface area contributed by atoms with Crippen LogP contribution in [0.1, 0.15) is 36.0 Å². The summed E-state index contributed by atoms with van der Waals surface area (Å²) >= 11 is 0. The molecule has 4 rings (SSSR count). The average Bonchev–Trinajstić information content (AvgIpc) is 3.04. The molecule has 0 bridgehead atoms. The van der Waals surface area contributed by atoms with E-state index in [0.29, 0.717) is 22.9 Å². The normalized spacial score (nSPS) is 20.7. The minimum absolute atomic E-state index is 0.205.